The van der Waals surface area contributed by atoms with Gasteiger partial charge in [-0.25, -0.2) is 4.98 Å². The maximum atomic E-state index is 12.9. The van der Waals surface area contributed by atoms with Crippen LogP contribution in [0.25, 0.3) is 11.3 Å². The van der Waals surface area contributed by atoms with Crippen LogP contribution in [0.15, 0.2) is 29.3 Å². The first-order chi connectivity index (χ1) is 13.6. The zero-order valence-electron chi connectivity index (χ0n) is 16.0. The van der Waals surface area contributed by atoms with Gasteiger partial charge in [0, 0.05) is 49.8 Å². The molecule has 0 spiro atoms. The van der Waals surface area contributed by atoms with Gasteiger partial charge in [-0.2, -0.15) is 13.2 Å². The van der Waals surface area contributed by atoms with E-state index in [1.54, 1.807) is 30.3 Å². The fourth-order valence-electron chi connectivity index (χ4n) is 3.38. The highest BCUT2D eigenvalue weighted by Gasteiger charge is 2.32. The number of alkyl halides is 3. The minimum absolute atomic E-state index is 0.0995. The minimum atomic E-state index is -4.55. The number of likely N-dealkylation sites (tertiary alicyclic amines) is 1. The number of aromatic hydroxyl groups is 1. The molecule has 1 aliphatic heterocycles. The van der Waals surface area contributed by atoms with E-state index in [2.05, 4.69) is 9.98 Å². The molecule has 0 saturated carbocycles. The second-order valence-corrected chi connectivity index (χ2v) is 7.19. The van der Waals surface area contributed by atoms with Crippen molar-refractivity contribution in [1.29, 1.82) is 0 Å². The SMILES string of the molecule is Cc1cc(C(F)(F)F)cc(O)c1-c1ccc(C=NCC2CC(=O)N(C)C2)c(N)n1. The van der Waals surface area contributed by atoms with Crippen LogP contribution in [0.5, 0.6) is 5.75 Å². The number of nitrogens with two attached hydrogens (primary N) is 1. The number of aryl methyl sites for hydroxylation is 1. The number of rotatable bonds is 4. The smallest absolute Gasteiger partial charge is 0.416 e. The number of hydrogen-bond acceptors (Lipinski definition) is 5. The maximum absolute atomic E-state index is 12.9. The number of aromatic nitrogens is 1. The molecule has 1 saturated heterocycles. The molecule has 9 heteroatoms. The Morgan fingerprint density at radius 3 is 2.66 bits per heavy atom. The Kier molecular flexibility index (Phi) is 5.50. The van der Waals surface area contributed by atoms with Gasteiger partial charge in [0.05, 0.1) is 11.3 Å². The second-order valence-electron chi connectivity index (χ2n) is 7.19. The maximum Gasteiger partial charge on any atom is 0.416 e. The third-order valence-electron chi connectivity index (χ3n) is 4.87. The quantitative estimate of drug-likeness (QED) is 0.763. The van der Waals surface area contributed by atoms with Gasteiger partial charge in [-0.05, 0) is 36.8 Å². The topological polar surface area (TPSA) is 91.8 Å². The summed E-state index contributed by atoms with van der Waals surface area (Å²) in [5.74, 6) is -0.114. The standard InChI is InChI=1S/C20H21F3N4O2/c1-11-5-14(20(21,22)23)7-16(28)18(11)15-4-3-13(19(24)26-15)9-25-8-12-6-17(29)27(2)10-12/h3-5,7,9,12,28H,6,8,10H2,1-2H3,(H2,24,26). The van der Waals surface area contributed by atoms with Crippen molar-refractivity contribution in [3.05, 3.63) is 41.0 Å². The predicted molar refractivity (Wildman–Crippen MR) is 104 cm³/mol. The molecule has 6 nitrogen and oxygen atoms in total. The van der Waals surface area contributed by atoms with E-state index in [1.165, 1.54) is 6.92 Å². The van der Waals surface area contributed by atoms with Gasteiger partial charge in [0.25, 0.3) is 0 Å². The molecule has 2 aromatic rings. The van der Waals surface area contributed by atoms with Crippen LogP contribution >= 0.6 is 0 Å². The number of halogens is 3. The second kappa shape index (κ2) is 7.73. The molecule has 0 radical (unpaired) electrons. The monoisotopic (exact) mass is 406 g/mol. The number of nitrogen functional groups attached to an aromatic ring is 1. The van der Waals surface area contributed by atoms with Crippen LogP contribution < -0.4 is 5.73 Å². The number of hydrogen-bond donors (Lipinski definition) is 2. The van der Waals surface area contributed by atoms with E-state index in [0.717, 1.165) is 6.07 Å². The molecule has 1 aliphatic rings. The number of carbonyl (C=O) groups excluding carboxylic acids is 1. The van der Waals surface area contributed by atoms with E-state index in [1.807, 2.05) is 0 Å². The highest BCUT2D eigenvalue weighted by molar-refractivity contribution is 5.87. The van der Waals surface area contributed by atoms with E-state index < -0.39 is 17.5 Å². The lowest BCUT2D eigenvalue weighted by atomic mass is 10.00. The molecule has 2 heterocycles. The summed E-state index contributed by atoms with van der Waals surface area (Å²) in [6, 6.07) is 4.85. The van der Waals surface area contributed by atoms with Crippen LogP contribution in [0.2, 0.25) is 0 Å². The number of benzene rings is 1. The van der Waals surface area contributed by atoms with Crippen molar-refractivity contribution in [3.8, 4) is 17.0 Å². The Labute approximate surface area is 165 Å². The number of phenols is 1. The summed E-state index contributed by atoms with van der Waals surface area (Å²) in [6.07, 6.45) is -2.52. The zero-order valence-corrected chi connectivity index (χ0v) is 16.0. The Balaban J connectivity index is 1.79. The molecule has 0 aliphatic carbocycles. The normalized spacial score (nSPS) is 17.5. The van der Waals surface area contributed by atoms with Crippen LogP contribution in [0.3, 0.4) is 0 Å². The average molecular weight is 406 g/mol. The van der Waals surface area contributed by atoms with E-state index in [4.69, 9.17) is 5.73 Å². The number of aliphatic imine (C=N–C) groups is 1. The molecule has 1 unspecified atom stereocenters. The van der Waals surface area contributed by atoms with Gasteiger partial charge in [-0.3, -0.25) is 9.79 Å². The molecule has 29 heavy (non-hydrogen) atoms. The molecule has 0 bridgehead atoms. The lowest BCUT2D eigenvalue weighted by molar-refractivity contribution is -0.137. The van der Waals surface area contributed by atoms with Gasteiger partial charge >= 0.3 is 6.18 Å². The molecule has 1 amide bonds. The number of anilines is 1. The van der Waals surface area contributed by atoms with Crippen LogP contribution in [0.4, 0.5) is 19.0 Å². The predicted octanol–water partition coefficient (Wildman–Crippen LogP) is 3.26. The number of amides is 1. The van der Waals surface area contributed by atoms with Crippen LogP contribution in [-0.4, -0.2) is 47.2 Å². The molecule has 3 rings (SSSR count). The molecule has 3 N–H and O–H groups in total. The first-order valence-electron chi connectivity index (χ1n) is 8.97. The van der Waals surface area contributed by atoms with Crippen LogP contribution in [0.1, 0.15) is 23.1 Å². The van der Waals surface area contributed by atoms with Crippen molar-refractivity contribution in [1.82, 2.24) is 9.88 Å². The van der Waals surface area contributed by atoms with Crippen LogP contribution in [0, 0.1) is 12.8 Å². The van der Waals surface area contributed by atoms with Gasteiger partial charge in [0.15, 0.2) is 0 Å². The summed E-state index contributed by atoms with van der Waals surface area (Å²) in [5.41, 5.74) is 6.30. The Bertz CT molecular complexity index is 950. The zero-order chi connectivity index (χ0) is 21.3. The summed E-state index contributed by atoms with van der Waals surface area (Å²) >= 11 is 0. The number of nitrogens with zero attached hydrogens (tertiary/aromatic N) is 3. The summed E-state index contributed by atoms with van der Waals surface area (Å²) in [7, 11) is 1.76. The fraction of sp³-hybridized carbons (Fsp3) is 0.350. The number of phenolic OH excluding ortho intramolecular Hbond substituents is 1. The first kappa shape index (κ1) is 20.6. The summed E-state index contributed by atoms with van der Waals surface area (Å²) < 4.78 is 38.7. The molecule has 154 valence electrons. The van der Waals surface area contributed by atoms with Gasteiger partial charge < -0.3 is 15.7 Å². The lowest BCUT2D eigenvalue weighted by Gasteiger charge is -2.14. The van der Waals surface area contributed by atoms with Crippen LogP contribution in [-0.2, 0) is 11.0 Å². The van der Waals surface area contributed by atoms with Gasteiger partial charge in [0.1, 0.15) is 11.6 Å². The van der Waals surface area contributed by atoms with Crippen molar-refractivity contribution in [2.45, 2.75) is 19.5 Å². The van der Waals surface area contributed by atoms with E-state index in [9.17, 15) is 23.1 Å². The molecule has 1 atom stereocenters. The van der Waals surface area contributed by atoms with Gasteiger partial charge in [0.2, 0.25) is 5.91 Å². The molecule has 1 aromatic heterocycles. The van der Waals surface area contributed by atoms with E-state index in [0.29, 0.717) is 31.1 Å². The average Bonchev–Trinajstić information content (AvgIpc) is 2.93. The van der Waals surface area contributed by atoms with Gasteiger partial charge in [-0.1, -0.05) is 0 Å². The van der Waals surface area contributed by atoms with Crippen molar-refractivity contribution < 1.29 is 23.1 Å². The van der Waals surface area contributed by atoms with Crippen molar-refractivity contribution in [2.75, 3.05) is 25.9 Å². The fourth-order valence-corrected chi connectivity index (χ4v) is 3.38. The summed E-state index contributed by atoms with van der Waals surface area (Å²) in [4.78, 5) is 21.8. The Hall–Kier alpha value is -3.10. The van der Waals surface area contributed by atoms with Crippen molar-refractivity contribution in [2.24, 2.45) is 10.9 Å². The van der Waals surface area contributed by atoms with Crippen molar-refractivity contribution >= 4 is 17.9 Å². The molecule has 1 aromatic carbocycles. The van der Waals surface area contributed by atoms with E-state index >= 15 is 0 Å². The third-order valence-corrected chi connectivity index (χ3v) is 4.87. The number of pyridine rings is 1. The highest BCUT2D eigenvalue weighted by Crippen LogP contribution is 2.38. The lowest BCUT2D eigenvalue weighted by Crippen LogP contribution is -2.19. The molecular formula is C20H21F3N4O2. The minimum Gasteiger partial charge on any atom is -0.507 e. The van der Waals surface area contributed by atoms with Crippen molar-refractivity contribution in [3.63, 3.8) is 0 Å². The number of carbonyl (C=O) groups is 1. The summed E-state index contributed by atoms with van der Waals surface area (Å²) in [5, 5.41) is 10.1. The largest absolute Gasteiger partial charge is 0.507 e. The first-order valence-corrected chi connectivity index (χ1v) is 8.97. The molecule has 1 fully saturated rings. The van der Waals surface area contributed by atoms with Gasteiger partial charge in [-0.15, -0.1) is 0 Å². The Morgan fingerprint density at radius 1 is 1.38 bits per heavy atom. The summed E-state index contributed by atoms with van der Waals surface area (Å²) in [6.45, 7) is 2.61. The van der Waals surface area contributed by atoms with E-state index in [-0.39, 0.29) is 34.5 Å². The Morgan fingerprint density at radius 2 is 2.10 bits per heavy atom. The highest BCUT2D eigenvalue weighted by atomic mass is 19.4. The third kappa shape index (κ3) is 4.49. The molecular weight excluding hydrogens is 385 g/mol.